The third-order valence-corrected chi connectivity index (χ3v) is 2.20. The predicted octanol–water partition coefficient (Wildman–Crippen LogP) is 1.90. The molecule has 1 N–H and O–H groups in total. The summed E-state index contributed by atoms with van der Waals surface area (Å²) in [5, 5.41) is 9.14. The largest absolute Gasteiger partial charge is 0.493 e. The molecule has 84 valence electrons. The third-order valence-electron chi connectivity index (χ3n) is 2.20. The van der Waals surface area contributed by atoms with E-state index in [0.717, 1.165) is 23.3 Å². The van der Waals surface area contributed by atoms with Crippen LogP contribution in [-0.2, 0) is 11.3 Å². The molecule has 3 heteroatoms. The zero-order valence-corrected chi connectivity index (χ0v) is 9.32. The van der Waals surface area contributed by atoms with Gasteiger partial charge in [0, 0.05) is 25.7 Å². The highest BCUT2D eigenvalue weighted by Gasteiger charge is 2.05. The minimum Gasteiger partial charge on any atom is -0.493 e. The summed E-state index contributed by atoms with van der Waals surface area (Å²) < 4.78 is 10.6. The molecule has 0 saturated heterocycles. The summed E-state index contributed by atoms with van der Waals surface area (Å²) in [4.78, 5) is 0. The molecule has 15 heavy (non-hydrogen) atoms. The molecule has 0 radical (unpaired) electrons. The molecule has 1 aromatic rings. The Hall–Kier alpha value is -1.06. The van der Waals surface area contributed by atoms with E-state index in [9.17, 15) is 0 Å². The van der Waals surface area contributed by atoms with Crippen molar-refractivity contribution in [2.75, 3.05) is 20.3 Å². The van der Waals surface area contributed by atoms with E-state index >= 15 is 0 Å². The maximum Gasteiger partial charge on any atom is 0.127 e. The Morgan fingerprint density at radius 2 is 2.07 bits per heavy atom. The maximum atomic E-state index is 9.14. The van der Waals surface area contributed by atoms with Crippen molar-refractivity contribution in [2.45, 2.75) is 20.0 Å². The van der Waals surface area contributed by atoms with Crippen LogP contribution in [0.3, 0.4) is 0 Å². The molecule has 1 aromatic carbocycles. The fourth-order valence-electron chi connectivity index (χ4n) is 1.42. The number of aliphatic hydroxyl groups is 1. The van der Waals surface area contributed by atoms with E-state index in [1.165, 1.54) is 0 Å². The highest BCUT2D eigenvalue weighted by atomic mass is 16.5. The number of hydrogen-bond acceptors (Lipinski definition) is 3. The van der Waals surface area contributed by atoms with Gasteiger partial charge in [0.15, 0.2) is 0 Å². The van der Waals surface area contributed by atoms with Crippen LogP contribution in [0, 0.1) is 6.92 Å². The molecule has 0 aromatic heterocycles. The maximum absolute atomic E-state index is 9.14. The fraction of sp³-hybridized carbons (Fsp3) is 0.500. The van der Waals surface area contributed by atoms with Crippen LogP contribution < -0.4 is 4.74 Å². The molecular weight excluding hydrogens is 192 g/mol. The van der Waals surface area contributed by atoms with Crippen molar-refractivity contribution in [1.82, 2.24) is 0 Å². The molecule has 0 bridgehead atoms. The Labute approximate surface area is 90.6 Å². The molecule has 0 spiro atoms. The zero-order chi connectivity index (χ0) is 11.1. The quantitative estimate of drug-likeness (QED) is 0.729. The number of benzene rings is 1. The monoisotopic (exact) mass is 210 g/mol. The summed E-state index contributed by atoms with van der Waals surface area (Å²) in [5.74, 6) is 0.802. The van der Waals surface area contributed by atoms with Crippen molar-refractivity contribution < 1.29 is 14.6 Å². The third kappa shape index (κ3) is 3.53. The predicted molar refractivity (Wildman–Crippen MR) is 59.1 cm³/mol. The van der Waals surface area contributed by atoms with Crippen molar-refractivity contribution in [3.63, 3.8) is 0 Å². The minimum atomic E-state index is 0.0152. The first-order valence-electron chi connectivity index (χ1n) is 5.10. The molecular formula is C12H18O3. The van der Waals surface area contributed by atoms with Crippen molar-refractivity contribution >= 4 is 0 Å². The van der Waals surface area contributed by atoms with Crippen LogP contribution in [0.15, 0.2) is 18.2 Å². The standard InChI is InChI=1S/C12H18O3/c1-10-5-3-6-11(9-13)12(10)15-8-4-7-14-2/h3,5-6,13H,4,7-9H2,1-2H3. The summed E-state index contributed by atoms with van der Waals surface area (Å²) in [6.45, 7) is 3.30. The molecule has 0 aliphatic rings. The molecule has 0 aliphatic heterocycles. The van der Waals surface area contributed by atoms with Crippen molar-refractivity contribution in [3.05, 3.63) is 29.3 Å². The van der Waals surface area contributed by atoms with Gasteiger partial charge in [-0.15, -0.1) is 0 Å². The van der Waals surface area contributed by atoms with Gasteiger partial charge in [-0.2, -0.15) is 0 Å². The SMILES string of the molecule is COCCCOc1c(C)cccc1CO. The normalized spacial score (nSPS) is 10.3. The molecule has 0 amide bonds. The van der Waals surface area contributed by atoms with Gasteiger partial charge in [-0.3, -0.25) is 0 Å². The highest BCUT2D eigenvalue weighted by molar-refractivity contribution is 5.40. The fourth-order valence-corrected chi connectivity index (χ4v) is 1.42. The molecule has 0 saturated carbocycles. The number of hydrogen-bond donors (Lipinski definition) is 1. The number of ether oxygens (including phenoxy) is 2. The molecule has 0 atom stereocenters. The molecule has 1 rings (SSSR count). The topological polar surface area (TPSA) is 38.7 Å². The average Bonchev–Trinajstić information content (AvgIpc) is 2.26. The summed E-state index contributed by atoms with van der Waals surface area (Å²) in [6, 6.07) is 5.77. The van der Waals surface area contributed by atoms with E-state index in [4.69, 9.17) is 14.6 Å². The number of para-hydroxylation sites is 1. The minimum absolute atomic E-state index is 0.0152. The number of aliphatic hydroxyl groups excluding tert-OH is 1. The molecule has 0 unspecified atom stereocenters. The van der Waals surface area contributed by atoms with Gasteiger partial charge in [-0.25, -0.2) is 0 Å². The van der Waals surface area contributed by atoms with Gasteiger partial charge in [0.2, 0.25) is 0 Å². The van der Waals surface area contributed by atoms with Crippen LogP contribution >= 0.6 is 0 Å². The van der Waals surface area contributed by atoms with Gasteiger partial charge >= 0.3 is 0 Å². The van der Waals surface area contributed by atoms with Crippen LogP contribution in [0.1, 0.15) is 17.5 Å². The first-order valence-corrected chi connectivity index (χ1v) is 5.10. The van der Waals surface area contributed by atoms with Crippen LogP contribution in [-0.4, -0.2) is 25.4 Å². The van der Waals surface area contributed by atoms with Gasteiger partial charge in [0.05, 0.1) is 13.2 Å². The van der Waals surface area contributed by atoms with E-state index in [1.54, 1.807) is 7.11 Å². The van der Waals surface area contributed by atoms with Crippen LogP contribution in [0.4, 0.5) is 0 Å². The molecule has 3 nitrogen and oxygen atoms in total. The summed E-state index contributed by atoms with van der Waals surface area (Å²) >= 11 is 0. The lowest BCUT2D eigenvalue weighted by Gasteiger charge is -2.12. The van der Waals surface area contributed by atoms with Gasteiger partial charge < -0.3 is 14.6 Å². The number of aryl methyl sites for hydroxylation is 1. The Morgan fingerprint density at radius 3 is 2.73 bits per heavy atom. The van der Waals surface area contributed by atoms with Crippen molar-refractivity contribution in [3.8, 4) is 5.75 Å². The van der Waals surface area contributed by atoms with Gasteiger partial charge in [-0.05, 0) is 12.5 Å². The molecule has 0 fully saturated rings. The second kappa shape index (κ2) is 6.43. The van der Waals surface area contributed by atoms with E-state index in [0.29, 0.717) is 13.2 Å². The molecule has 0 heterocycles. The lowest BCUT2D eigenvalue weighted by molar-refractivity contribution is 0.170. The Kier molecular flexibility index (Phi) is 5.15. The highest BCUT2D eigenvalue weighted by Crippen LogP contribution is 2.23. The zero-order valence-electron chi connectivity index (χ0n) is 9.32. The summed E-state index contributed by atoms with van der Waals surface area (Å²) in [5.41, 5.74) is 1.89. The Bertz CT molecular complexity index is 297. The van der Waals surface area contributed by atoms with E-state index < -0.39 is 0 Å². The van der Waals surface area contributed by atoms with Crippen LogP contribution in [0.25, 0.3) is 0 Å². The lowest BCUT2D eigenvalue weighted by atomic mass is 10.1. The molecule has 0 aliphatic carbocycles. The van der Waals surface area contributed by atoms with Crippen molar-refractivity contribution in [2.24, 2.45) is 0 Å². The van der Waals surface area contributed by atoms with E-state index in [1.807, 2.05) is 25.1 Å². The smallest absolute Gasteiger partial charge is 0.127 e. The van der Waals surface area contributed by atoms with Crippen molar-refractivity contribution in [1.29, 1.82) is 0 Å². The van der Waals surface area contributed by atoms with E-state index in [-0.39, 0.29) is 6.61 Å². The summed E-state index contributed by atoms with van der Waals surface area (Å²) in [7, 11) is 1.67. The first-order chi connectivity index (χ1) is 7.29. The van der Waals surface area contributed by atoms with Crippen LogP contribution in [0.2, 0.25) is 0 Å². The van der Waals surface area contributed by atoms with Gasteiger partial charge in [-0.1, -0.05) is 18.2 Å². The Balaban J connectivity index is 2.58. The van der Waals surface area contributed by atoms with Gasteiger partial charge in [0.25, 0.3) is 0 Å². The Morgan fingerprint density at radius 1 is 1.27 bits per heavy atom. The number of rotatable bonds is 6. The second-order valence-corrected chi connectivity index (χ2v) is 3.42. The first kappa shape index (κ1) is 12.0. The van der Waals surface area contributed by atoms with Crippen LogP contribution in [0.5, 0.6) is 5.75 Å². The average molecular weight is 210 g/mol. The lowest BCUT2D eigenvalue weighted by Crippen LogP contribution is -2.04. The number of methoxy groups -OCH3 is 1. The second-order valence-electron chi connectivity index (χ2n) is 3.42. The van der Waals surface area contributed by atoms with E-state index in [2.05, 4.69) is 0 Å². The van der Waals surface area contributed by atoms with Gasteiger partial charge in [0.1, 0.15) is 5.75 Å². The summed E-state index contributed by atoms with van der Waals surface area (Å²) in [6.07, 6.45) is 0.857.